The Morgan fingerprint density at radius 2 is 1.92 bits per heavy atom. The molecule has 2 heterocycles. The third kappa shape index (κ3) is 6.66. The lowest BCUT2D eigenvalue weighted by Crippen LogP contribution is -2.30. The molecule has 2 aromatic carbocycles. The van der Waals surface area contributed by atoms with Crippen LogP contribution in [0.15, 0.2) is 96.4 Å². The van der Waals surface area contributed by atoms with E-state index in [0.29, 0.717) is 41.8 Å². The van der Waals surface area contributed by atoms with Crippen molar-refractivity contribution >= 4 is 17.7 Å². The second-order valence-electron chi connectivity index (χ2n) is 7.90. The Morgan fingerprint density at radius 3 is 2.58 bits per heavy atom. The van der Waals surface area contributed by atoms with Gasteiger partial charge in [0.1, 0.15) is 12.1 Å². The van der Waals surface area contributed by atoms with Crippen molar-refractivity contribution in [2.24, 2.45) is 4.99 Å². The summed E-state index contributed by atoms with van der Waals surface area (Å²) < 4.78 is 42.4. The van der Waals surface area contributed by atoms with Crippen molar-refractivity contribution in [2.45, 2.75) is 13.3 Å². The molecule has 0 atom stereocenters. The highest BCUT2D eigenvalue weighted by Gasteiger charge is 2.31. The van der Waals surface area contributed by atoms with Crippen molar-refractivity contribution in [1.82, 2.24) is 25.0 Å². The Kier molecular flexibility index (Phi) is 7.90. The molecule has 0 saturated carbocycles. The predicted molar refractivity (Wildman–Crippen MR) is 138 cm³/mol. The first-order valence-electron chi connectivity index (χ1n) is 11.5. The normalized spacial score (nSPS) is 15.1. The van der Waals surface area contributed by atoms with Gasteiger partial charge in [-0.2, -0.15) is 4.99 Å². The van der Waals surface area contributed by atoms with E-state index in [1.54, 1.807) is 30.3 Å². The summed E-state index contributed by atoms with van der Waals surface area (Å²) in [5.74, 6) is 0.504. The number of hydrogen-bond donors (Lipinski definition) is 2. The number of carbonyl (C=O) groups excluding carboxylic acids is 1. The number of alkyl halides is 3. The number of urea groups is 1. The molecule has 0 unspecified atom stereocenters. The lowest BCUT2D eigenvalue weighted by molar-refractivity contribution is -0.274. The number of aromatic nitrogens is 3. The van der Waals surface area contributed by atoms with Crippen LogP contribution in [-0.4, -0.2) is 51.1 Å². The molecule has 0 bridgehead atoms. The molecule has 2 N–H and O–H groups in total. The van der Waals surface area contributed by atoms with Crippen molar-refractivity contribution in [1.29, 1.82) is 0 Å². The van der Waals surface area contributed by atoms with Crippen LogP contribution in [0.4, 0.5) is 23.7 Å². The molecule has 3 aromatic rings. The zero-order valence-corrected chi connectivity index (χ0v) is 20.3. The number of guanidine groups is 1. The summed E-state index contributed by atoms with van der Waals surface area (Å²) in [5.41, 5.74) is 2.54. The van der Waals surface area contributed by atoms with Crippen LogP contribution in [0.25, 0.3) is 17.1 Å². The van der Waals surface area contributed by atoms with Crippen LogP contribution in [0, 0.1) is 0 Å². The second kappa shape index (κ2) is 11.5. The fourth-order valence-corrected chi connectivity index (χ4v) is 3.57. The molecule has 2 amide bonds. The van der Waals surface area contributed by atoms with Crippen molar-refractivity contribution in [3.8, 4) is 22.8 Å². The van der Waals surface area contributed by atoms with E-state index in [9.17, 15) is 18.0 Å². The minimum Gasteiger partial charge on any atom is -0.406 e. The van der Waals surface area contributed by atoms with E-state index in [-0.39, 0.29) is 5.75 Å². The smallest absolute Gasteiger partial charge is 0.406 e. The number of rotatable bonds is 7. The maximum Gasteiger partial charge on any atom is 0.573 e. The molecule has 1 saturated heterocycles. The Bertz CT molecular complexity index is 1380. The van der Waals surface area contributed by atoms with Gasteiger partial charge >= 0.3 is 12.4 Å². The van der Waals surface area contributed by atoms with Gasteiger partial charge in [-0.15, -0.1) is 18.3 Å². The summed E-state index contributed by atoms with van der Waals surface area (Å²) in [6, 6.07) is 11.6. The fraction of sp³-hybridized carbons (Fsp3) is 0.154. The number of carbonyl (C=O) groups is 1. The summed E-state index contributed by atoms with van der Waals surface area (Å²) in [4.78, 5) is 22.8. The van der Waals surface area contributed by atoms with Gasteiger partial charge < -0.3 is 20.3 Å². The van der Waals surface area contributed by atoms with Gasteiger partial charge in [-0.25, -0.2) is 14.5 Å². The first-order chi connectivity index (χ1) is 18.3. The van der Waals surface area contributed by atoms with Crippen LogP contribution < -0.4 is 15.4 Å². The predicted octanol–water partition coefficient (Wildman–Crippen LogP) is 5.27. The zero-order valence-electron chi connectivity index (χ0n) is 20.3. The van der Waals surface area contributed by atoms with Gasteiger partial charge in [0.2, 0.25) is 5.96 Å². The first kappa shape index (κ1) is 26.2. The van der Waals surface area contributed by atoms with Crippen LogP contribution >= 0.6 is 0 Å². The summed E-state index contributed by atoms with van der Waals surface area (Å²) in [5, 5.41) is 10.2. The molecule has 1 aromatic heterocycles. The van der Waals surface area contributed by atoms with E-state index >= 15 is 0 Å². The number of amides is 2. The molecule has 0 radical (unpaired) electrons. The highest BCUT2D eigenvalue weighted by atomic mass is 19.4. The van der Waals surface area contributed by atoms with E-state index in [0.717, 1.165) is 5.70 Å². The van der Waals surface area contributed by atoms with Crippen LogP contribution in [-0.2, 0) is 0 Å². The highest BCUT2D eigenvalue weighted by molar-refractivity contribution is 6.00. The quantitative estimate of drug-likeness (QED) is 0.410. The van der Waals surface area contributed by atoms with Gasteiger partial charge in [-0.05, 0) is 67.6 Å². The summed E-state index contributed by atoms with van der Waals surface area (Å²) in [7, 11) is 0. The Hall–Kier alpha value is -4.87. The molecule has 1 aliphatic heterocycles. The Balaban J connectivity index is 1.41. The first-order valence-corrected chi connectivity index (χ1v) is 11.5. The third-order valence-corrected chi connectivity index (χ3v) is 5.28. The Morgan fingerprint density at radius 1 is 1.18 bits per heavy atom. The molecule has 196 valence electrons. The fourth-order valence-electron chi connectivity index (χ4n) is 3.57. The molecule has 1 aliphatic rings. The average Bonchev–Trinajstić information content (AvgIpc) is 3.55. The third-order valence-electron chi connectivity index (χ3n) is 5.28. The van der Waals surface area contributed by atoms with Crippen LogP contribution in [0.3, 0.4) is 0 Å². The van der Waals surface area contributed by atoms with Crippen molar-refractivity contribution in [3.05, 3.63) is 91.4 Å². The van der Waals surface area contributed by atoms with Crippen LogP contribution in [0.5, 0.6) is 5.75 Å². The number of aliphatic imine (C=N–C) groups is 1. The lowest BCUT2D eigenvalue weighted by atomic mass is 10.2. The van der Waals surface area contributed by atoms with Crippen molar-refractivity contribution in [3.63, 3.8) is 0 Å². The lowest BCUT2D eigenvalue weighted by Gasteiger charge is -2.18. The van der Waals surface area contributed by atoms with Gasteiger partial charge in [0.25, 0.3) is 0 Å². The number of allylic oxidation sites excluding steroid dienone is 4. The van der Waals surface area contributed by atoms with Crippen LogP contribution in [0.1, 0.15) is 6.92 Å². The zero-order chi connectivity index (χ0) is 27.1. The SMILES string of the molecule is C=C/C(=C\C=C/C)N1CCN/C1=N\C(=O)Nc1ccc(-c2ncn(-c3ccc(OC(F)(F)F)cc3)n2)cc1. The summed E-state index contributed by atoms with van der Waals surface area (Å²) in [6.07, 6.45) is 4.06. The number of halogens is 3. The van der Waals surface area contributed by atoms with E-state index in [2.05, 4.69) is 37.0 Å². The molecule has 38 heavy (non-hydrogen) atoms. The second-order valence-corrected chi connectivity index (χ2v) is 7.90. The largest absolute Gasteiger partial charge is 0.573 e. The average molecular weight is 524 g/mol. The van der Waals surface area contributed by atoms with Gasteiger partial charge in [0.05, 0.1) is 5.69 Å². The number of nitrogens with one attached hydrogen (secondary N) is 2. The number of benzene rings is 2. The topological polar surface area (TPSA) is 96.7 Å². The Labute approximate surface area is 216 Å². The summed E-state index contributed by atoms with van der Waals surface area (Å²) in [6.45, 7) is 7.04. The monoisotopic (exact) mass is 523 g/mol. The minimum absolute atomic E-state index is 0.327. The van der Waals surface area contributed by atoms with Crippen molar-refractivity contribution in [2.75, 3.05) is 18.4 Å². The molecule has 0 spiro atoms. The number of nitrogens with zero attached hydrogens (tertiary/aromatic N) is 5. The van der Waals surface area contributed by atoms with E-state index in [4.69, 9.17) is 0 Å². The highest BCUT2D eigenvalue weighted by Crippen LogP contribution is 2.24. The number of ether oxygens (including phenoxy) is 1. The van der Waals surface area contributed by atoms with Crippen molar-refractivity contribution < 1.29 is 22.7 Å². The van der Waals surface area contributed by atoms with Crippen LogP contribution in [0.2, 0.25) is 0 Å². The van der Waals surface area contributed by atoms with E-state index < -0.39 is 12.4 Å². The minimum atomic E-state index is -4.76. The molecule has 4 rings (SSSR count). The molecule has 1 fully saturated rings. The maximum absolute atomic E-state index is 12.5. The van der Waals surface area contributed by atoms with Gasteiger partial charge in [0, 0.05) is 30.0 Å². The standard InChI is InChI=1S/C26H24F3N7O2/c1-3-5-6-20(4-2)35-16-15-30-24(35)33-25(37)32-19-9-7-18(8-10-19)23-31-17-36(34-23)21-11-13-22(14-12-21)38-26(27,28)29/h3-14,17H,2,15-16H2,1H3,(H2,30,32,33,37)/b5-3-,20-6+. The van der Waals surface area contributed by atoms with Gasteiger partial charge in [0.15, 0.2) is 5.82 Å². The molecular formula is C26H24F3N7O2. The van der Waals surface area contributed by atoms with E-state index in [1.807, 2.05) is 30.1 Å². The number of hydrogen-bond acceptors (Lipinski definition) is 4. The maximum atomic E-state index is 12.5. The van der Waals surface area contributed by atoms with Gasteiger partial charge in [-0.3, -0.25) is 0 Å². The molecular weight excluding hydrogens is 499 g/mol. The molecule has 12 heteroatoms. The van der Waals surface area contributed by atoms with Gasteiger partial charge in [-0.1, -0.05) is 18.7 Å². The molecule has 0 aliphatic carbocycles. The molecule has 9 nitrogen and oxygen atoms in total. The summed E-state index contributed by atoms with van der Waals surface area (Å²) >= 11 is 0. The number of anilines is 1. The van der Waals surface area contributed by atoms with E-state index in [1.165, 1.54) is 35.3 Å².